The van der Waals surface area contributed by atoms with Gasteiger partial charge in [0, 0.05) is 44.4 Å². The average molecular weight is 331 g/mol. The molecule has 1 fully saturated rings. The Kier molecular flexibility index (Phi) is 4.59. The lowest BCUT2D eigenvalue weighted by Crippen LogP contribution is -2.30. The SMILES string of the molecule is O=C(O)[C@H]1CN(C(=O)CCn2cccn2)C[C@@H]1c1ccc(F)cc1. The van der Waals surface area contributed by atoms with Crippen LogP contribution >= 0.6 is 0 Å². The number of halogens is 1. The van der Waals surface area contributed by atoms with Gasteiger partial charge in [0.15, 0.2) is 0 Å². The summed E-state index contributed by atoms with van der Waals surface area (Å²) in [5, 5.41) is 13.5. The molecule has 1 N–H and O–H groups in total. The second-order valence-electron chi connectivity index (χ2n) is 5.92. The summed E-state index contributed by atoms with van der Waals surface area (Å²) < 4.78 is 14.7. The van der Waals surface area contributed by atoms with Crippen LogP contribution in [-0.2, 0) is 16.1 Å². The highest BCUT2D eigenvalue weighted by Gasteiger charge is 2.40. The summed E-state index contributed by atoms with van der Waals surface area (Å²) in [5.74, 6) is -2.40. The predicted octanol–water partition coefficient (Wildman–Crippen LogP) is 1.74. The molecule has 0 spiro atoms. The molecular weight excluding hydrogens is 313 g/mol. The van der Waals surface area contributed by atoms with E-state index in [1.165, 1.54) is 12.1 Å². The van der Waals surface area contributed by atoms with Gasteiger partial charge < -0.3 is 10.0 Å². The molecule has 6 nitrogen and oxygen atoms in total. The van der Waals surface area contributed by atoms with Gasteiger partial charge in [-0.05, 0) is 23.8 Å². The van der Waals surface area contributed by atoms with Crippen LogP contribution in [0.3, 0.4) is 0 Å². The van der Waals surface area contributed by atoms with E-state index in [2.05, 4.69) is 5.10 Å². The number of aliphatic carboxylic acids is 1. The fourth-order valence-corrected chi connectivity index (χ4v) is 3.11. The average Bonchev–Trinajstić information content (AvgIpc) is 3.23. The number of carboxylic acid groups (broad SMARTS) is 1. The number of aryl methyl sites for hydroxylation is 1. The molecule has 1 aromatic heterocycles. The van der Waals surface area contributed by atoms with Gasteiger partial charge in [-0.3, -0.25) is 14.3 Å². The Bertz CT molecular complexity index is 715. The molecule has 1 saturated heterocycles. The molecule has 1 aliphatic rings. The maximum atomic E-state index is 13.1. The lowest BCUT2D eigenvalue weighted by molar-refractivity contribution is -0.141. The Labute approximate surface area is 138 Å². The summed E-state index contributed by atoms with van der Waals surface area (Å²) in [6.45, 7) is 0.969. The zero-order valence-electron chi connectivity index (χ0n) is 13.0. The number of amides is 1. The van der Waals surface area contributed by atoms with E-state index in [4.69, 9.17) is 0 Å². The number of carbonyl (C=O) groups excluding carboxylic acids is 1. The minimum absolute atomic E-state index is 0.0960. The summed E-state index contributed by atoms with van der Waals surface area (Å²) in [6.07, 6.45) is 3.69. The summed E-state index contributed by atoms with van der Waals surface area (Å²) in [6, 6.07) is 7.60. The van der Waals surface area contributed by atoms with Gasteiger partial charge in [0.05, 0.1) is 5.92 Å². The Morgan fingerprint density at radius 3 is 2.62 bits per heavy atom. The molecular formula is C17H18FN3O3. The smallest absolute Gasteiger partial charge is 0.308 e. The summed E-state index contributed by atoms with van der Waals surface area (Å²) in [4.78, 5) is 25.5. The van der Waals surface area contributed by atoms with Crippen LogP contribution in [-0.4, -0.2) is 44.8 Å². The van der Waals surface area contributed by atoms with Gasteiger partial charge in [-0.2, -0.15) is 5.10 Å². The molecule has 0 unspecified atom stereocenters. The van der Waals surface area contributed by atoms with Crippen molar-refractivity contribution in [1.29, 1.82) is 0 Å². The molecule has 1 amide bonds. The number of hydrogen-bond donors (Lipinski definition) is 1. The molecule has 0 saturated carbocycles. The third-order valence-corrected chi connectivity index (χ3v) is 4.40. The van der Waals surface area contributed by atoms with Crippen LogP contribution in [0.5, 0.6) is 0 Å². The molecule has 0 aliphatic carbocycles. The van der Waals surface area contributed by atoms with Crippen LogP contribution in [0.25, 0.3) is 0 Å². The Morgan fingerprint density at radius 1 is 1.25 bits per heavy atom. The Morgan fingerprint density at radius 2 is 2.00 bits per heavy atom. The van der Waals surface area contributed by atoms with Crippen LogP contribution < -0.4 is 0 Å². The van der Waals surface area contributed by atoms with Crippen molar-refractivity contribution in [3.8, 4) is 0 Å². The van der Waals surface area contributed by atoms with Crippen molar-refractivity contribution in [2.24, 2.45) is 5.92 Å². The van der Waals surface area contributed by atoms with Gasteiger partial charge in [-0.15, -0.1) is 0 Å². The largest absolute Gasteiger partial charge is 0.481 e. The van der Waals surface area contributed by atoms with E-state index < -0.39 is 11.9 Å². The van der Waals surface area contributed by atoms with Gasteiger partial charge in [0.2, 0.25) is 5.91 Å². The van der Waals surface area contributed by atoms with Crippen molar-refractivity contribution < 1.29 is 19.1 Å². The number of likely N-dealkylation sites (tertiary alicyclic amines) is 1. The fourth-order valence-electron chi connectivity index (χ4n) is 3.11. The normalized spacial score (nSPS) is 20.3. The van der Waals surface area contributed by atoms with E-state index in [1.807, 2.05) is 0 Å². The predicted molar refractivity (Wildman–Crippen MR) is 83.7 cm³/mol. The molecule has 1 aliphatic heterocycles. The van der Waals surface area contributed by atoms with E-state index in [9.17, 15) is 19.1 Å². The second-order valence-corrected chi connectivity index (χ2v) is 5.92. The standard InChI is InChI=1S/C17H18FN3O3/c18-13-4-2-12(3-5-13)14-10-20(11-15(14)17(23)24)16(22)6-9-21-8-1-7-19-21/h1-5,7-8,14-15H,6,9-11H2,(H,23,24)/t14-,15+/m1/s1. The van der Waals surface area contributed by atoms with Gasteiger partial charge in [0.25, 0.3) is 0 Å². The maximum absolute atomic E-state index is 13.1. The number of benzene rings is 1. The quantitative estimate of drug-likeness (QED) is 0.905. The number of carboxylic acids is 1. The number of carbonyl (C=O) groups is 2. The van der Waals surface area contributed by atoms with Crippen molar-refractivity contribution in [2.45, 2.75) is 18.9 Å². The lowest BCUT2D eigenvalue weighted by atomic mass is 9.89. The van der Waals surface area contributed by atoms with Gasteiger partial charge >= 0.3 is 5.97 Å². The highest BCUT2D eigenvalue weighted by atomic mass is 19.1. The fraction of sp³-hybridized carbons (Fsp3) is 0.353. The summed E-state index contributed by atoms with van der Waals surface area (Å²) in [5.41, 5.74) is 0.742. The van der Waals surface area contributed by atoms with Gasteiger partial charge in [-0.25, -0.2) is 4.39 Å². The zero-order valence-corrected chi connectivity index (χ0v) is 13.0. The first-order valence-corrected chi connectivity index (χ1v) is 7.78. The highest BCUT2D eigenvalue weighted by Crippen LogP contribution is 2.33. The molecule has 2 heterocycles. The number of hydrogen-bond acceptors (Lipinski definition) is 3. The van der Waals surface area contributed by atoms with E-state index >= 15 is 0 Å². The number of nitrogens with zero attached hydrogens (tertiary/aromatic N) is 3. The van der Waals surface area contributed by atoms with E-state index in [0.717, 1.165) is 5.56 Å². The topological polar surface area (TPSA) is 75.4 Å². The first-order valence-electron chi connectivity index (χ1n) is 7.78. The van der Waals surface area contributed by atoms with Crippen molar-refractivity contribution in [3.63, 3.8) is 0 Å². The van der Waals surface area contributed by atoms with Crippen LogP contribution in [0.1, 0.15) is 17.9 Å². The van der Waals surface area contributed by atoms with Crippen LogP contribution in [0, 0.1) is 11.7 Å². The molecule has 24 heavy (non-hydrogen) atoms. The van der Waals surface area contributed by atoms with E-state index in [1.54, 1.807) is 40.2 Å². The molecule has 2 aromatic rings. The van der Waals surface area contributed by atoms with E-state index in [0.29, 0.717) is 13.1 Å². The first kappa shape index (κ1) is 16.2. The van der Waals surface area contributed by atoms with Crippen molar-refractivity contribution >= 4 is 11.9 Å². The molecule has 2 atom stereocenters. The Balaban J connectivity index is 1.68. The van der Waals surface area contributed by atoms with Crippen LogP contribution in [0.2, 0.25) is 0 Å². The van der Waals surface area contributed by atoms with Crippen LogP contribution in [0.15, 0.2) is 42.7 Å². The Hall–Kier alpha value is -2.70. The van der Waals surface area contributed by atoms with Gasteiger partial charge in [-0.1, -0.05) is 12.1 Å². The molecule has 3 rings (SSSR count). The van der Waals surface area contributed by atoms with E-state index in [-0.39, 0.29) is 30.6 Å². The van der Waals surface area contributed by atoms with Gasteiger partial charge in [0.1, 0.15) is 5.82 Å². The third kappa shape index (κ3) is 3.45. The molecule has 0 radical (unpaired) electrons. The van der Waals surface area contributed by atoms with Crippen molar-refractivity contribution in [2.75, 3.05) is 13.1 Å². The molecule has 1 aromatic carbocycles. The zero-order chi connectivity index (χ0) is 17.1. The molecule has 126 valence electrons. The molecule has 7 heteroatoms. The third-order valence-electron chi connectivity index (χ3n) is 4.40. The minimum atomic E-state index is -0.938. The summed E-state index contributed by atoms with van der Waals surface area (Å²) >= 11 is 0. The maximum Gasteiger partial charge on any atom is 0.308 e. The second kappa shape index (κ2) is 6.82. The monoisotopic (exact) mass is 331 g/mol. The van der Waals surface area contributed by atoms with Crippen LogP contribution in [0.4, 0.5) is 4.39 Å². The van der Waals surface area contributed by atoms with Crippen molar-refractivity contribution in [3.05, 3.63) is 54.1 Å². The molecule has 0 bridgehead atoms. The van der Waals surface area contributed by atoms with Crippen molar-refractivity contribution in [1.82, 2.24) is 14.7 Å². The lowest BCUT2D eigenvalue weighted by Gasteiger charge is -2.16. The number of aromatic nitrogens is 2. The number of rotatable bonds is 5. The highest BCUT2D eigenvalue weighted by molar-refractivity contribution is 5.79. The minimum Gasteiger partial charge on any atom is -0.481 e. The first-order chi connectivity index (χ1) is 11.5. The summed E-state index contributed by atoms with van der Waals surface area (Å²) in [7, 11) is 0.